The summed E-state index contributed by atoms with van der Waals surface area (Å²) in [5, 5.41) is 4.42. The zero-order chi connectivity index (χ0) is 23.0. The second-order valence-electron chi connectivity index (χ2n) is 7.28. The van der Waals surface area contributed by atoms with Gasteiger partial charge in [0.1, 0.15) is 11.8 Å². The van der Waals surface area contributed by atoms with Gasteiger partial charge in [0.25, 0.3) is 5.91 Å². The van der Waals surface area contributed by atoms with Crippen molar-refractivity contribution in [3.05, 3.63) is 62.6 Å². The molecule has 2 aromatic rings. The van der Waals surface area contributed by atoms with Crippen molar-refractivity contribution in [3.8, 4) is 5.75 Å². The molecule has 2 aromatic carbocycles. The number of halogens is 3. The number of nitrogens with one attached hydrogen (secondary N) is 1. The molecule has 5 nitrogen and oxygen atoms in total. The summed E-state index contributed by atoms with van der Waals surface area (Å²) in [6.07, 6.45) is 1.83. The molecule has 8 heteroatoms. The summed E-state index contributed by atoms with van der Waals surface area (Å²) >= 11 is 18.3. The standard InChI is InChI=1S/C23H27Cl3N2O3/c1-4-5-10-27-23(30)16(3)28(13-17-6-7-18(24)12-21(17)26)22(29)14-31-19-8-9-20(25)15(2)11-19/h6-9,11-12,16H,4-5,10,13-14H2,1-3H3,(H,27,30)/t16-/m0/s1. The van der Waals surface area contributed by atoms with Crippen LogP contribution in [0.1, 0.15) is 37.8 Å². The number of aryl methyl sites for hydroxylation is 1. The van der Waals surface area contributed by atoms with Crippen molar-refractivity contribution >= 4 is 46.6 Å². The molecule has 0 unspecified atom stereocenters. The summed E-state index contributed by atoms with van der Waals surface area (Å²) in [7, 11) is 0. The average Bonchev–Trinajstić information content (AvgIpc) is 2.73. The smallest absolute Gasteiger partial charge is 0.261 e. The van der Waals surface area contributed by atoms with Gasteiger partial charge in [-0.25, -0.2) is 0 Å². The van der Waals surface area contributed by atoms with Crippen molar-refractivity contribution in [1.29, 1.82) is 0 Å². The van der Waals surface area contributed by atoms with Crippen LogP contribution in [0.15, 0.2) is 36.4 Å². The molecule has 0 radical (unpaired) electrons. The van der Waals surface area contributed by atoms with Crippen molar-refractivity contribution < 1.29 is 14.3 Å². The topological polar surface area (TPSA) is 58.6 Å². The van der Waals surface area contributed by atoms with Crippen LogP contribution >= 0.6 is 34.8 Å². The molecule has 0 saturated carbocycles. The maximum Gasteiger partial charge on any atom is 0.261 e. The van der Waals surface area contributed by atoms with E-state index in [9.17, 15) is 9.59 Å². The number of hydrogen-bond donors (Lipinski definition) is 1. The second kappa shape index (κ2) is 12.2. The third-order valence-corrected chi connectivity index (χ3v) is 5.86. The van der Waals surface area contributed by atoms with Gasteiger partial charge in [-0.15, -0.1) is 0 Å². The number of unbranched alkanes of at least 4 members (excludes halogenated alkanes) is 1. The highest BCUT2D eigenvalue weighted by molar-refractivity contribution is 6.35. The number of ether oxygens (including phenoxy) is 1. The lowest BCUT2D eigenvalue weighted by molar-refractivity contribution is -0.142. The minimum Gasteiger partial charge on any atom is -0.484 e. The summed E-state index contributed by atoms with van der Waals surface area (Å²) in [6.45, 7) is 6.08. The summed E-state index contributed by atoms with van der Waals surface area (Å²) in [5.74, 6) is -0.0363. The van der Waals surface area contributed by atoms with Gasteiger partial charge in [0, 0.05) is 28.2 Å². The van der Waals surface area contributed by atoms with Crippen LogP contribution in [-0.4, -0.2) is 35.9 Å². The molecule has 1 atom stereocenters. The summed E-state index contributed by atoms with van der Waals surface area (Å²) in [6, 6.07) is 9.53. The molecule has 168 valence electrons. The Hall–Kier alpha value is -1.95. The van der Waals surface area contributed by atoms with E-state index in [1.54, 1.807) is 43.3 Å². The third kappa shape index (κ3) is 7.60. The van der Waals surface area contributed by atoms with E-state index in [-0.39, 0.29) is 25.0 Å². The van der Waals surface area contributed by atoms with E-state index < -0.39 is 6.04 Å². The van der Waals surface area contributed by atoms with Crippen LogP contribution < -0.4 is 10.1 Å². The minimum atomic E-state index is -0.702. The Bertz CT molecular complexity index is 921. The van der Waals surface area contributed by atoms with Crippen molar-refractivity contribution in [2.24, 2.45) is 0 Å². The van der Waals surface area contributed by atoms with Crippen molar-refractivity contribution in [1.82, 2.24) is 10.2 Å². The van der Waals surface area contributed by atoms with E-state index in [1.165, 1.54) is 4.90 Å². The maximum absolute atomic E-state index is 13.1. The Balaban J connectivity index is 2.17. The highest BCUT2D eigenvalue weighted by Gasteiger charge is 2.27. The molecular weight excluding hydrogens is 459 g/mol. The third-order valence-electron chi connectivity index (χ3n) is 4.84. The van der Waals surface area contributed by atoms with E-state index in [0.29, 0.717) is 32.9 Å². The molecule has 31 heavy (non-hydrogen) atoms. The molecule has 0 aliphatic heterocycles. The molecule has 0 aliphatic carbocycles. The molecular formula is C23H27Cl3N2O3. The Morgan fingerprint density at radius 1 is 1.10 bits per heavy atom. The monoisotopic (exact) mass is 484 g/mol. The summed E-state index contributed by atoms with van der Waals surface area (Å²) < 4.78 is 5.66. The number of carbonyl (C=O) groups is 2. The van der Waals surface area contributed by atoms with Crippen molar-refractivity contribution in [2.75, 3.05) is 13.2 Å². The molecule has 0 fully saturated rings. The van der Waals surface area contributed by atoms with Crippen LogP contribution in [0, 0.1) is 6.92 Å². The first-order valence-corrected chi connectivity index (χ1v) is 11.3. The summed E-state index contributed by atoms with van der Waals surface area (Å²) in [4.78, 5) is 27.1. The molecule has 0 aromatic heterocycles. The number of hydrogen-bond acceptors (Lipinski definition) is 3. The Morgan fingerprint density at radius 3 is 2.48 bits per heavy atom. The average molecular weight is 486 g/mol. The Labute approximate surface area is 198 Å². The number of rotatable bonds is 10. The molecule has 2 rings (SSSR count). The van der Waals surface area contributed by atoms with Gasteiger partial charge in [0.15, 0.2) is 6.61 Å². The van der Waals surface area contributed by atoms with Crippen LogP contribution in [-0.2, 0) is 16.1 Å². The molecule has 0 aliphatic rings. The number of nitrogens with zero attached hydrogens (tertiary/aromatic N) is 1. The van der Waals surface area contributed by atoms with Gasteiger partial charge in [0.05, 0.1) is 0 Å². The van der Waals surface area contributed by atoms with Crippen molar-refractivity contribution in [2.45, 2.75) is 46.2 Å². The van der Waals surface area contributed by atoms with Gasteiger partial charge in [-0.2, -0.15) is 0 Å². The first kappa shape index (κ1) is 25.3. The van der Waals surface area contributed by atoms with Crippen LogP contribution in [0.5, 0.6) is 5.75 Å². The lowest BCUT2D eigenvalue weighted by atomic mass is 10.1. The predicted octanol–water partition coefficient (Wildman–Crippen LogP) is 5.67. The largest absolute Gasteiger partial charge is 0.484 e. The van der Waals surface area contributed by atoms with Crippen LogP contribution in [0.3, 0.4) is 0 Å². The number of carbonyl (C=O) groups excluding carboxylic acids is 2. The van der Waals surface area contributed by atoms with Gasteiger partial charge >= 0.3 is 0 Å². The fourth-order valence-corrected chi connectivity index (χ4v) is 3.47. The Kier molecular flexibility index (Phi) is 9.94. The number of amides is 2. The van der Waals surface area contributed by atoms with Crippen molar-refractivity contribution in [3.63, 3.8) is 0 Å². The molecule has 0 saturated heterocycles. The lowest BCUT2D eigenvalue weighted by Gasteiger charge is -2.29. The lowest BCUT2D eigenvalue weighted by Crippen LogP contribution is -2.49. The van der Waals surface area contributed by atoms with Crippen LogP contribution in [0.2, 0.25) is 15.1 Å². The summed E-state index contributed by atoms with van der Waals surface area (Å²) in [5.41, 5.74) is 1.54. The van der Waals surface area contributed by atoms with E-state index in [2.05, 4.69) is 5.32 Å². The van der Waals surface area contributed by atoms with Gasteiger partial charge in [0.2, 0.25) is 5.91 Å². The molecule has 0 spiro atoms. The van der Waals surface area contributed by atoms with Gasteiger partial charge < -0.3 is 15.0 Å². The minimum absolute atomic E-state index is 0.153. The van der Waals surface area contributed by atoms with Gasteiger partial charge in [-0.1, -0.05) is 54.2 Å². The first-order chi connectivity index (χ1) is 14.7. The zero-order valence-electron chi connectivity index (χ0n) is 17.9. The van der Waals surface area contributed by atoms with Gasteiger partial charge in [-0.05, 0) is 61.7 Å². The fourth-order valence-electron chi connectivity index (χ4n) is 2.89. The van der Waals surface area contributed by atoms with E-state index >= 15 is 0 Å². The van der Waals surface area contributed by atoms with Gasteiger partial charge in [-0.3, -0.25) is 9.59 Å². The zero-order valence-corrected chi connectivity index (χ0v) is 20.2. The van der Waals surface area contributed by atoms with Crippen LogP contribution in [0.4, 0.5) is 0 Å². The SMILES string of the molecule is CCCCNC(=O)[C@H](C)N(Cc1ccc(Cl)cc1Cl)C(=O)COc1ccc(Cl)c(C)c1. The Morgan fingerprint density at radius 2 is 1.84 bits per heavy atom. The maximum atomic E-state index is 13.1. The fraction of sp³-hybridized carbons (Fsp3) is 0.391. The highest BCUT2D eigenvalue weighted by atomic mass is 35.5. The molecule has 0 bridgehead atoms. The molecule has 2 amide bonds. The number of benzene rings is 2. The normalized spacial score (nSPS) is 11.7. The van der Waals surface area contributed by atoms with E-state index in [0.717, 1.165) is 18.4 Å². The van der Waals surface area contributed by atoms with Crippen LogP contribution in [0.25, 0.3) is 0 Å². The highest BCUT2D eigenvalue weighted by Crippen LogP contribution is 2.24. The first-order valence-electron chi connectivity index (χ1n) is 10.1. The van der Waals surface area contributed by atoms with E-state index in [1.807, 2.05) is 13.8 Å². The quantitative estimate of drug-likeness (QED) is 0.441. The predicted molar refractivity (Wildman–Crippen MR) is 126 cm³/mol. The van der Waals surface area contributed by atoms with E-state index in [4.69, 9.17) is 39.5 Å². The second-order valence-corrected chi connectivity index (χ2v) is 8.53. The molecule has 0 heterocycles. The molecule has 1 N–H and O–H groups in total.